The zero-order valence-electron chi connectivity index (χ0n) is 20.4. The summed E-state index contributed by atoms with van der Waals surface area (Å²) in [5.74, 6) is -3.37. The molecule has 0 saturated carbocycles. The zero-order valence-corrected chi connectivity index (χ0v) is 20.4. The molecule has 1 aliphatic rings. The standard InChI is InChI=1S/C25H26F2N8O2/c1-15-20(9-19(12-28-15)31-22(36)14-35-5-3-25(26,27)4-6-35)33-24(37)17-7-16-8-21(32-23(16)29-10-17)18-11-30-34(2)13-18/h7-13H,3-6,14H2,1-2H3,(H,29,32)(H,31,36)(H,33,37). The number of hydrogen-bond donors (Lipinski definition) is 3. The fraction of sp³-hybridized carbons (Fsp3) is 0.320. The number of hydrogen-bond acceptors (Lipinski definition) is 6. The molecule has 1 fully saturated rings. The van der Waals surface area contributed by atoms with Gasteiger partial charge in [-0.3, -0.25) is 24.2 Å². The minimum Gasteiger partial charge on any atom is -0.339 e. The molecule has 12 heteroatoms. The van der Waals surface area contributed by atoms with Gasteiger partial charge in [-0.1, -0.05) is 0 Å². The van der Waals surface area contributed by atoms with E-state index in [-0.39, 0.29) is 44.3 Å². The summed E-state index contributed by atoms with van der Waals surface area (Å²) in [5, 5.41) is 10.5. The predicted molar refractivity (Wildman–Crippen MR) is 134 cm³/mol. The van der Waals surface area contributed by atoms with Gasteiger partial charge in [-0.25, -0.2) is 13.8 Å². The van der Waals surface area contributed by atoms with Gasteiger partial charge in [0.1, 0.15) is 5.65 Å². The Morgan fingerprint density at radius 2 is 1.86 bits per heavy atom. The summed E-state index contributed by atoms with van der Waals surface area (Å²) >= 11 is 0. The van der Waals surface area contributed by atoms with Crippen LogP contribution >= 0.6 is 0 Å². The molecule has 0 aromatic carbocycles. The van der Waals surface area contributed by atoms with Gasteiger partial charge in [0.2, 0.25) is 5.91 Å². The Morgan fingerprint density at radius 3 is 2.59 bits per heavy atom. The fourth-order valence-electron chi connectivity index (χ4n) is 4.22. The topological polar surface area (TPSA) is 121 Å². The molecule has 2 amide bonds. The third-order valence-corrected chi connectivity index (χ3v) is 6.32. The van der Waals surface area contributed by atoms with Crippen molar-refractivity contribution in [1.82, 2.24) is 29.6 Å². The second-order valence-electron chi connectivity index (χ2n) is 9.24. The molecule has 0 unspecified atom stereocenters. The van der Waals surface area contributed by atoms with Crippen LogP contribution in [0.2, 0.25) is 0 Å². The summed E-state index contributed by atoms with van der Waals surface area (Å²) < 4.78 is 28.4. The minimum atomic E-state index is -2.66. The highest BCUT2D eigenvalue weighted by molar-refractivity contribution is 6.06. The molecular formula is C25H26F2N8O2. The molecule has 5 heterocycles. The average molecular weight is 509 g/mol. The van der Waals surface area contributed by atoms with Crippen molar-refractivity contribution in [3.8, 4) is 11.3 Å². The number of aromatic amines is 1. The summed E-state index contributed by atoms with van der Waals surface area (Å²) in [6.45, 7) is 2.08. The van der Waals surface area contributed by atoms with Crippen LogP contribution in [0.15, 0.2) is 43.0 Å². The molecule has 10 nitrogen and oxygen atoms in total. The number of rotatable bonds is 6. The summed E-state index contributed by atoms with van der Waals surface area (Å²) in [7, 11) is 1.84. The third-order valence-electron chi connectivity index (χ3n) is 6.32. The molecule has 4 aromatic rings. The molecule has 1 saturated heterocycles. The Kier molecular flexibility index (Phi) is 6.42. The van der Waals surface area contributed by atoms with Crippen LogP contribution in [0.1, 0.15) is 28.9 Å². The molecular weight excluding hydrogens is 482 g/mol. The smallest absolute Gasteiger partial charge is 0.257 e. The molecule has 192 valence electrons. The lowest BCUT2D eigenvalue weighted by Crippen LogP contribution is -2.43. The van der Waals surface area contributed by atoms with E-state index in [1.807, 2.05) is 19.3 Å². The summed E-state index contributed by atoms with van der Waals surface area (Å²) in [4.78, 5) is 39.0. The lowest BCUT2D eigenvalue weighted by atomic mass is 10.1. The monoisotopic (exact) mass is 508 g/mol. The van der Waals surface area contributed by atoms with Crippen LogP contribution in [-0.2, 0) is 11.8 Å². The minimum absolute atomic E-state index is 0.00896. The van der Waals surface area contributed by atoms with Gasteiger partial charge in [0.15, 0.2) is 0 Å². The van der Waals surface area contributed by atoms with Crippen LogP contribution in [0.4, 0.5) is 20.2 Å². The van der Waals surface area contributed by atoms with Crippen molar-refractivity contribution in [1.29, 1.82) is 0 Å². The Bertz CT molecular complexity index is 1470. The van der Waals surface area contributed by atoms with Crippen LogP contribution in [-0.4, -0.2) is 67.0 Å². The number of carbonyl (C=O) groups is 2. The highest BCUT2D eigenvalue weighted by Crippen LogP contribution is 2.28. The number of piperidine rings is 1. The molecule has 0 spiro atoms. The van der Waals surface area contributed by atoms with E-state index in [0.717, 1.165) is 16.6 Å². The Hall–Kier alpha value is -4.19. The number of nitrogens with zero attached hydrogens (tertiary/aromatic N) is 5. The first-order chi connectivity index (χ1) is 17.6. The maximum absolute atomic E-state index is 13.3. The highest BCUT2D eigenvalue weighted by atomic mass is 19.3. The number of fused-ring (bicyclic) bond motifs is 1. The number of aromatic nitrogens is 5. The molecule has 1 aliphatic heterocycles. The number of likely N-dealkylation sites (tertiary alicyclic amines) is 1. The normalized spacial score (nSPS) is 15.6. The number of nitrogens with one attached hydrogen (secondary N) is 3. The second kappa shape index (κ2) is 9.69. The van der Waals surface area contributed by atoms with Crippen molar-refractivity contribution in [2.75, 3.05) is 30.3 Å². The number of H-pyrrole nitrogens is 1. The van der Waals surface area contributed by atoms with Gasteiger partial charge in [0.25, 0.3) is 11.8 Å². The maximum Gasteiger partial charge on any atom is 0.257 e. The molecule has 4 aromatic heterocycles. The van der Waals surface area contributed by atoms with E-state index in [0.29, 0.717) is 28.3 Å². The third kappa shape index (κ3) is 5.64. The molecule has 37 heavy (non-hydrogen) atoms. The largest absolute Gasteiger partial charge is 0.339 e. The Balaban J connectivity index is 1.25. The number of aryl methyl sites for hydroxylation is 2. The van der Waals surface area contributed by atoms with Gasteiger partial charge in [-0.05, 0) is 25.1 Å². The van der Waals surface area contributed by atoms with E-state index < -0.39 is 5.92 Å². The first-order valence-electron chi connectivity index (χ1n) is 11.8. The lowest BCUT2D eigenvalue weighted by Gasteiger charge is -2.31. The van der Waals surface area contributed by atoms with Crippen molar-refractivity contribution in [2.24, 2.45) is 7.05 Å². The van der Waals surface area contributed by atoms with Gasteiger partial charge in [0.05, 0.1) is 47.3 Å². The Morgan fingerprint density at radius 1 is 1.08 bits per heavy atom. The van der Waals surface area contributed by atoms with Gasteiger partial charge in [0, 0.05) is 56.3 Å². The van der Waals surface area contributed by atoms with E-state index in [9.17, 15) is 18.4 Å². The number of pyridine rings is 2. The number of halogens is 2. The second-order valence-corrected chi connectivity index (χ2v) is 9.24. The lowest BCUT2D eigenvalue weighted by molar-refractivity contribution is -0.119. The van der Waals surface area contributed by atoms with Crippen LogP contribution in [0.5, 0.6) is 0 Å². The molecule has 5 rings (SSSR count). The maximum atomic E-state index is 13.3. The van der Waals surface area contributed by atoms with Gasteiger partial charge in [-0.15, -0.1) is 0 Å². The zero-order chi connectivity index (χ0) is 26.2. The van der Waals surface area contributed by atoms with E-state index in [1.165, 1.54) is 12.4 Å². The van der Waals surface area contributed by atoms with Crippen molar-refractivity contribution in [2.45, 2.75) is 25.7 Å². The van der Waals surface area contributed by atoms with Crippen LogP contribution in [0, 0.1) is 6.92 Å². The van der Waals surface area contributed by atoms with E-state index in [4.69, 9.17) is 0 Å². The molecule has 0 radical (unpaired) electrons. The number of amides is 2. The fourth-order valence-corrected chi connectivity index (χ4v) is 4.22. The van der Waals surface area contributed by atoms with E-state index in [2.05, 4.69) is 30.7 Å². The molecule has 0 bridgehead atoms. The number of anilines is 2. The predicted octanol–water partition coefficient (Wildman–Crippen LogP) is 3.59. The summed E-state index contributed by atoms with van der Waals surface area (Å²) in [6, 6.07) is 5.26. The van der Waals surface area contributed by atoms with Gasteiger partial charge in [-0.2, -0.15) is 5.10 Å². The number of carbonyl (C=O) groups excluding carboxylic acids is 2. The summed E-state index contributed by atoms with van der Waals surface area (Å²) in [5.41, 5.74) is 4.16. The Labute approximate surface area is 211 Å². The van der Waals surface area contributed by atoms with Crippen molar-refractivity contribution >= 4 is 34.2 Å². The van der Waals surface area contributed by atoms with E-state index >= 15 is 0 Å². The molecule has 0 atom stereocenters. The van der Waals surface area contributed by atoms with Gasteiger partial charge < -0.3 is 15.6 Å². The molecule has 0 aliphatic carbocycles. The molecule has 3 N–H and O–H groups in total. The summed E-state index contributed by atoms with van der Waals surface area (Å²) in [6.07, 6.45) is 6.08. The first-order valence-corrected chi connectivity index (χ1v) is 11.8. The quantitative estimate of drug-likeness (QED) is 0.366. The first kappa shape index (κ1) is 24.5. The van der Waals surface area contributed by atoms with Crippen molar-refractivity contribution in [3.63, 3.8) is 0 Å². The highest BCUT2D eigenvalue weighted by Gasteiger charge is 2.34. The van der Waals surface area contributed by atoms with Crippen molar-refractivity contribution in [3.05, 3.63) is 54.2 Å². The van der Waals surface area contributed by atoms with E-state index in [1.54, 1.807) is 34.8 Å². The SMILES string of the molecule is Cc1ncc(NC(=O)CN2CCC(F)(F)CC2)cc1NC(=O)c1cnc2[nH]c(-c3cnn(C)c3)cc2c1. The van der Waals surface area contributed by atoms with Gasteiger partial charge >= 0.3 is 0 Å². The number of alkyl halides is 2. The van der Waals surface area contributed by atoms with Crippen LogP contribution < -0.4 is 10.6 Å². The van der Waals surface area contributed by atoms with Crippen LogP contribution in [0.25, 0.3) is 22.3 Å². The van der Waals surface area contributed by atoms with Crippen molar-refractivity contribution < 1.29 is 18.4 Å². The van der Waals surface area contributed by atoms with Crippen LogP contribution in [0.3, 0.4) is 0 Å². The average Bonchev–Trinajstić information content (AvgIpc) is 3.48.